The van der Waals surface area contributed by atoms with Gasteiger partial charge < -0.3 is 15.5 Å². The number of anilines is 2. The van der Waals surface area contributed by atoms with Crippen molar-refractivity contribution in [2.75, 3.05) is 30.4 Å². The zero-order chi connectivity index (χ0) is 13.1. The van der Waals surface area contributed by atoms with Gasteiger partial charge in [-0.05, 0) is 6.42 Å². The number of nitrogens with zero attached hydrogens (tertiary/aromatic N) is 3. The molecule has 18 heavy (non-hydrogen) atoms. The summed E-state index contributed by atoms with van der Waals surface area (Å²) in [6.07, 6.45) is 2.26. The second-order valence-corrected chi connectivity index (χ2v) is 4.43. The summed E-state index contributed by atoms with van der Waals surface area (Å²) in [5.41, 5.74) is 0. The van der Waals surface area contributed by atoms with Gasteiger partial charge in [0.25, 0.3) is 0 Å². The molecule has 0 saturated carbocycles. The van der Waals surface area contributed by atoms with Gasteiger partial charge in [0, 0.05) is 20.1 Å². The highest BCUT2D eigenvalue weighted by Gasteiger charge is 2.30. The van der Waals surface area contributed by atoms with Crippen molar-refractivity contribution in [1.82, 2.24) is 15.3 Å². The van der Waals surface area contributed by atoms with Gasteiger partial charge in [0.1, 0.15) is 11.1 Å². The van der Waals surface area contributed by atoms with Crippen LogP contribution in [0, 0.1) is 0 Å². The first kappa shape index (κ1) is 12.9. The minimum atomic E-state index is -0.226. The minimum Gasteiger partial charge on any atom is -0.357 e. The Morgan fingerprint density at radius 1 is 1.67 bits per heavy atom. The second-order valence-electron chi connectivity index (χ2n) is 4.02. The van der Waals surface area contributed by atoms with Crippen molar-refractivity contribution < 1.29 is 4.79 Å². The molecule has 1 fully saturated rings. The second kappa shape index (κ2) is 5.39. The van der Waals surface area contributed by atoms with E-state index in [0.717, 1.165) is 0 Å². The van der Waals surface area contributed by atoms with Crippen molar-refractivity contribution in [3.8, 4) is 0 Å². The van der Waals surface area contributed by atoms with Crippen molar-refractivity contribution in [1.29, 1.82) is 0 Å². The fourth-order valence-corrected chi connectivity index (χ4v) is 2.25. The van der Waals surface area contributed by atoms with Crippen LogP contribution in [0.5, 0.6) is 0 Å². The number of amides is 1. The number of nitrogens with one attached hydrogen (secondary N) is 2. The Bertz CT molecular complexity index is 453. The summed E-state index contributed by atoms with van der Waals surface area (Å²) in [5.74, 6) is 1.12. The quantitative estimate of drug-likeness (QED) is 0.853. The summed E-state index contributed by atoms with van der Waals surface area (Å²) in [6.45, 7) is 3.27. The number of halogens is 1. The molecule has 1 aliphatic rings. The first-order valence-corrected chi connectivity index (χ1v) is 6.29. The molecule has 1 atom stereocenters. The number of rotatable bonds is 3. The third kappa shape index (κ3) is 2.33. The molecule has 0 aliphatic carbocycles. The van der Waals surface area contributed by atoms with Crippen molar-refractivity contribution in [3.63, 3.8) is 0 Å². The van der Waals surface area contributed by atoms with Crippen LogP contribution in [0.2, 0.25) is 5.02 Å². The monoisotopic (exact) mass is 269 g/mol. The fourth-order valence-electron chi connectivity index (χ4n) is 2.05. The Labute approximate surface area is 111 Å². The van der Waals surface area contributed by atoms with Gasteiger partial charge in [-0.3, -0.25) is 4.79 Å². The molecule has 98 valence electrons. The Hall–Kier alpha value is -1.56. The highest BCUT2D eigenvalue weighted by atomic mass is 35.5. The van der Waals surface area contributed by atoms with E-state index in [-0.39, 0.29) is 11.9 Å². The average molecular weight is 270 g/mol. The Kier molecular flexibility index (Phi) is 3.86. The van der Waals surface area contributed by atoms with Gasteiger partial charge >= 0.3 is 0 Å². The normalized spacial score (nSPS) is 19.6. The maximum Gasteiger partial charge on any atom is 0.242 e. The van der Waals surface area contributed by atoms with E-state index in [1.165, 1.54) is 0 Å². The van der Waals surface area contributed by atoms with E-state index in [1.807, 2.05) is 11.8 Å². The molecule has 2 heterocycles. The first-order valence-electron chi connectivity index (χ1n) is 5.92. The molecule has 1 aliphatic heterocycles. The zero-order valence-electron chi connectivity index (χ0n) is 10.4. The number of aromatic nitrogens is 2. The summed E-state index contributed by atoms with van der Waals surface area (Å²) in [4.78, 5) is 22.1. The summed E-state index contributed by atoms with van der Waals surface area (Å²) < 4.78 is 0. The topological polar surface area (TPSA) is 70.2 Å². The lowest BCUT2D eigenvalue weighted by molar-refractivity contribution is -0.123. The average Bonchev–Trinajstić information content (AvgIpc) is 2.39. The van der Waals surface area contributed by atoms with Crippen LogP contribution in [-0.2, 0) is 4.79 Å². The molecule has 1 aromatic heterocycles. The summed E-state index contributed by atoms with van der Waals surface area (Å²) in [7, 11) is 1.74. The van der Waals surface area contributed by atoms with E-state index in [9.17, 15) is 4.79 Å². The van der Waals surface area contributed by atoms with Crippen molar-refractivity contribution >= 4 is 29.3 Å². The van der Waals surface area contributed by atoms with E-state index in [1.54, 1.807) is 13.2 Å². The van der Waals surface area contributed by atoms with Gasteiger partial charge in [0.05, 0.1) is 6.20 Å². The molecular formula is C11H16ClN5O. The molecule has 0 radical (unpaired) electrons. The van der Waals surface area contributed by atoms with Gasteiger partial charge in [0.2, 0.25) is 11.9 Å². The minimum absolute atomic E-state index is 0.0180. The van der Waals surface area contributed by atoms with Gasteiger partial charge in [0.15, 0.2) is 5.82 Å². The largest absolute Gasteiger partial charge is 0.357 e. The van der Waals surface area contributed by atoms with Crippen LogP contribution in [0.4, 0.5) is 11.8 Å². The molecule has 1 saturated heterocycles. The fraction of sp³-hybridized carbons (Fsp3) is 0.545. The van der Waals surface area contributed by atoms with E-state index in [2.05, 4.69) is 20.6 Å². The number of hydrogen-bond acceptors (Lipinski definition) is 5. The number of hydrogen-bond donors (Lipinski definition) is 2. The standard InChI is InChI=1S/C11H16ClN5O/c1-3-8-10(18)14-4-5-17(8)9-7(12)6-15-11(13-2)16-9/h6,8H,3-5H2,1-2H3,(H,14,18)(H,13,15,16). The molecule has 0 bridgehead atoms. The molecule has 0 aromatic carbocycles. The Balaban J connectivity index is 2.36. The maximum absolute atomic E-state index is 11.8. The van der Waals surface area contributed by atoms with Crippen LogP contribution in [0.15, 0.2) is 6.20 Å². The predicted octanol–water partition coefficient (Wildman–Crippen LogP) is 0.887. The van der Waals surface area contributed by atoms with Gasteiger partial charge in [-0.2, -0.15) is 4.98 Å². The summed E-state index contributed by atoms with van der Waals surface area (Å²) >= 11 is 6.13. The molecule has 7 heteroatoms. The van der Waals surface area contributed by atoms with Gasteiger partial charge in [-0.25, -0.2) is 4.98 Å². The van der Waals surface area contributed by atoms with E-state index < -0.39 is 0 Å². The number of piperazine rings is 1. The Morgan fingerprint density at radius 2 is 2.44 bits per heavy atom. The molecule has 1 aromatic rings. The number of carbonyl (C=O) groups is 1. The lowest BCUT2D eigenvalue weighted by Crippen LogP contribution is -2.55. The highest BCUT2D eigenvalue weighted by molar-refractivity contribution is 6.32. The van der Waals surface area contributed by atoms with Gasteiger partial charge in [-0.1, -0.05) is 18.5 Å². The van der Waals surface area contributed by atoms with Crippen LogP contribution in [0.1, 0.15) is 13.3 Å². The van der Waals surface area contributed by atoms with Crippen LogP contribution in [0.25, 0.3) is 0 Å². The Morgan fingerprint density at radius 3 is 3.11 bits per heavy atom. The van der Waals surface area contributed by atoms with E-state index >= 15 is 0 Å². The molecule has 2 N–H and O–H groups in total. The molecule has 6 nitrogen and oxygen atoms in total. The highest BCUT2D eigenvalue weighted by Crippen LogP contribution is 2.27. The molecule has 2 rings (SSSR count). The maximum atomic E-state index is 11.8. The third-order valence-electron chi connectivity index (χ3n) is 2.94. The zero-order valence-corrected chi connectivity index (χ0v) is 11.2. The SMILES string of the molecule is CCC1C(=O)NCCN1c1nc(NC)ncc1Cl. The molecule has 1 amide bonds. The van der Waals surface area contributed by atoms with Crippen LogP contribution in [0.3, 0.4) is 0 Å². The predicted molar refractivity (Wildman–Crippen MR) is 71.0 cm³/mol. The van der Waals surface area contributed by atoms with Crippen LogP contribution >= 0.6 is 11.6 Å². The van der Waals surface area contributed by atoms with Crippen molar-refractivity contribution in [3.05, 3.63) is 11.2 Å². The molecular weight excluding hydrogens is 254 g/mol. The first-order chi connectivity index (χ1) is 8.67. The molecule has 1 unspecified atom stereocenters. The third-order valence-corrected chi connectivity index (χ3v) is 3.21. The van der Waals surface area contributed by atoms with Crippen LogP contribution < -0.4 is 15.5 Å². The summed E-state index contributed by atoms with van der Waals surface area (Å²) in [6, 6.07) is -0.226. The van der Waals surface area contributed by atoms with Crippen molar-refractivity contribution in [2.24, 2.45) is 0 Å². The lowest BCUT2D eigenvalue weighted by Gasteiger charge is -2.35. The van der Waals surface area contributed by atoms with E-state index in [0.29, 0.717) is 36.3 Å². The van der Waals surface area contributed by atoms with E-state index in [4.69, 9.17) is 11.6 Å². The summed E-state index contributed by atoms with van der Waals surface area (Å²) in [5, 5.41) is 6.18. The number of carbonyl (C=O) groups excluding carboxylic acids is 1. The van der Waals surface area contributed by atoms with Crippen LogP contribution in [-0.4, -0.2) is 42.1 Å². The van der Waals surface area contributed by atoms with Gasteiger partial charge in [-0.15, -0.1) is 0 Å². The van der Waals surface area contributed by atoms with Crippen molar-refractivity contribution in [2.45, 2.75) is 19.4 Å². The smallest absolute Gasteiger partial charge is 0.242 e. The lowest BCUT2D eigenvalue weighted by atomic mass is 10.1. The molecule has 0 spiro atoms.